The summed E-state index contributed by atoms with van der Waals surface area (Å²) >= 11 is 0. The second-order valence-corrected chi connectivity index (χ2v) is 5.06. The lowest BCUT2D eigenvalue weighted by molar-refractivity contribution is 0.0398. The topological polar surface area (TPSA) is 75.7 Å². The molecule has 0 radical (unpaired) electrons. The molecule has 2 N–H and O–H groups in total. The molecule has 0 aliphatic carbocycles. The van der Waals surface area contributed by atoms with Crippen LogP contribution in [0.1, 0.15) is 10.4 Å². The highest BCUT2D eigenvalue weighted by molar-refractivity contribution is 5.94. The molecule has 0 bridgehead atoms. The van der Waals surface area contributed by atoms with Crippen molar-refractivity contribution in [3.63, 3.8) is 0 Å². The van der Waals surface area contributed by atoms with Crippen molar-refractivity contribution in [3.05, 3.63) is 23.9 Å². The Kier molecular flexibility index (Phi) is 7.08. The molecule has 22 heavy (non-hydrogen) atoms. The molecule has 1 aliphatic rings. The summed E-state index contributed by atoms with van der Waals surface area (Å²) in [5, 5.41) is 6.03. The van der Waals surface area contributed by atoms with Gasteiger partial charge < -0.3 is 20.1 Å². The molecule has 2 rings (SSSR count). The number of methoxy groups -OCH3 is 1. The Morgan fingerprint density at radius 2 is 2.18 bits per heavy atom. The molecular formula is C15H24N4O3. The molecule has 0 atom stereocenters. The van der Waals surface area contributed by atoms with Gasteiger partial charge >= 0.3 is 0 Å². The minimum absolute atomic E-state index is 0.135. The van der Waals surface area contributed by atoms with Gasteiger partial charge in [-0.25, -0.2) is 4.98 Å². The number of aromatic nitrogens is 1. The molecule has 122 valence electrons. The van der Waals surface area contributed by atoms with Crippen LogP contribution in [-0.4, -0.2) is 75.4 Å². The zero-order chi connectivity index (χ0) is 15.6. The van der Waals surface area contributed by atoms with Gasteiger partial charge in [-0.15, -0.1) is 0 Å². The first-order valence-electron chi connectivity index (χ1n) is 7.57. The first-order valence-corrected chi connectivity index (χ1v) is 7.57. The van der Waals surface area contributed by atoms with Gasteiger partial charge in [0, 0.05) is 46.0 Å². The smallest absolute Gasteiger partial charge is 0.252 e. The standard InChI is InChI=1S/C15H24N4O3/c1-21-9-5-17-15(20)13-2-3-14(18-12-13)16-4-6-19-7-10-22-11-8-19/h2-3,12H,4-11H2,1H3,(H,16,18)(H,17,20). The van der Waals surface area contributed by atoms with Gasteiger partial charge in [0.25, 0.3) is 5.91 Å². The number of pyridine rings is 1. The van der Waals surface area contributed by atoms with E-state index in [1.807, 2.05) is 6.07 Å². The van der Waals surface area contributed by atoms with Crippen LogP contribution in [0.5, 0.6) is 0 Å². The lowest BCUT2D eigenvalue weighted by Gasteiger charge is -2.26. The van der Waals surface area contributed by atoms with Crippen LogP contribution in [0.25, 0.3) is 0 Å². The molecule has 7 heteroatoms. The molecule has 0 spiro atoms. The Labute approximate surface area is 131 Å². The number of carbonyl (C=O) groups is 1. The molecule has 0 aromatic carbocycles. The molecule has 7 nitrogen and oxygen atoms in total. The third-order valence-electron chi connectivity index (χ3n) is 3.46. The van der Waals surface area contributed by atoms with Gasteiger partial charge in [0.1, 0.15) is 5.82 Å². The molecule has 1 aromatic heterocycles. The fraction of sp³-hybridized carbons (Fsp3) is 0.600. The van der Waals surface area contributed by atoms with E-state index < -0.39 is 0 Å². The zero-order valence-electron chi connectivity index (χ0n) is 13.0. The Bertz CT molecular complexity index is 447. The lowest BCUT2D eigenvalue weighted by atomic mass is 10.2. The highest BCUT2D eigenvalue weighted by atomic mass is 16.5. The minimum atomic E-state index is -0.135. The maximum absolute atomic E-state index is 11.8. The number of hydrogen-bond donors (Lipinski definition) is 2. The van der Waals surface area contributed by atoms with E-state index in [-0.39, 0.29) is 5.91 Å². The highest BCUT2D eigenvalue weighted by Crippen LogP contribution is 2.05. The predicted octanol–water partition coefficient (Wildman–Crippen LogP) is 0.202. The van der Waals surface area contributed by atoms with Crippen molar-refractivity contribution in [3.8, 4) is 0 Å². The van der Waals surface area contributed by atoms with Crippen LogP contribution in [0, 0.1) is 0 Å². The number of carbonyl (C=O) groups excluding carboxylic acids is 1. The molecule has 1 fully saturated rings. The monoisotopic (exact) mass is 308 g/mol. The third kappa shape index (κ3) is 5.59. The summed E-state index contributed by atoms with van der Waals surface area (Å²) in [7, 11) is 1.60. The van der Waals surface area contributed by atoms with Gasteiger partial charge in [-0.2, -0.15) is 0 Å². The quantitative estimate of drug-likeness (QED) is 0.668. The van der Waals surface area contributed by atoms with Crippen molar-refractivity contribution in [2.75, 3.05) is 65.0 Å². The van der Waals surface area contributed by atoms with Crippen LogP contribution in [0.15, 0.2) is 18.3 Å². The van der Waals surface area contributed by atoms with Crippen molar-refractivity contribution in [1.29, 1.82) is 0 Å². The fourth-order valence-electron chi connectivity index (χ4n) is 2.17. The first-order chi connectivity index (χ1) is 10.8. The van der Waals surface area contributed by atoms with E-state index >= 15 is 0 Å². The van der Waals surface area contributed by atoms with Crippen molar-refractivity contribution >= 4 is 11.7 Å². The van der Waals surface area contributed by atoms with Gasteiger partial charge in [-0.05, 0) is 12.1 Å². The Morgan fingerprint density at radius 3 is 2.86 bits per heavy atom. The number of anilines is 1. The number of morpholine rings is 1. The van der Waals surface area contributed by atoms with Crippen molar-refractivity contribution < 1.29 is 14.3 Å². The Balaban J connectivity index is 1.70. The van der Waals surface area contributed by atoms with Gasteiger partial charge in [0.05, 0.1) is 25.4 Å². The molecular weight excluding hydrogens is 284 g/mol. The average molecular weight is 308 g/mol. The van der Waals surface area contributed by atoms with E-state index in [1.165, 1.54) is 0 Å². The number of nitrogens with zero attached hydrogens (tertiary/aromatic N) is 2. The van der Waals surface area contributed by atoms with E-state index in [0.29, 0.717) is 18.7 Å². The number of hydrogen-bond acceptors (Lipinski definition) is 6. The lowest BCUT2D eigenvalue weighted by Crippen LogP contribution is -2.39. The average Bonchev–Trinajstić information content (AvgIpc) is 2.56. The van der Waals surface area contributed by atoms with Crippen LogP contribution in [0.3, 0.4) is 0 Å². The summed E-state index contributed by atoms with van der Waals surface area (Å²) in [5.41, 5.74) is 0.551. The molecule has 0 unspecified atom stereocenters. The van der Waals surface area contributed by atoms with E-state index in [2.05, 4.69) is 20.5 Å². The van der Waals surface area contributed by atoms with E-state index in [1.54, 1.807) is 19.4 Å². The van der Waals surface area contributed by atoms with Crippen molar-refractivity contribution in [2.45, 2.75) is 0 Å². The van der Waals surface area contributed by atoms with Gasteiger partial charge in [0.15, 0.2) is 0 Å². The maximum Gasteiger partial charge on any atom is 0.252 e. The summed E-state index contributed by atoms with van der Waals surface area (Å²) in [5.74, 6) is 0.645. The highest BCUT2D eigenvalue weighted by Gasteiger charge is 2.09. The van der Waals surface area contributed by atoms with Crippen molar-refractivity contribution in [2.24, 2.45) is 0 Å². The maximum atomic E-state index is 11.8. The van der Waals surface area contributed by atoms with Gasteiger partial charge in [0.2, 0.25) is 0 Å². The molecule has 0 saturated carbocycles. The number of amides is 1. The number of rotatable bonds is 8. The Morgan fingerprint density at radius 1 is 1.36 bits per heavy atom. The number of ether oxygens (including phenoxy) is 2. The third-order valence-corrected chi connectivity index (χ3v) is 3.46. The molecule has 2 heterocycles. The molecule has 1 aliphatic heterocycles. The van der Waals surface area contributed by atoms with Crippen LogP contribution < -0.4 is 10.6 Å². The largest absolute Gasteiger partial charge is 0.383 e. The fourth-order valence-corrected chi connectivity index (χ4v) is 2.17. The SMILES string of the molecule is COCCNC(=O)c1ccc(NCCN2CCOCC2)nc1. The van der Waals surface area contributed by atoms with Crippen LogP contribution in [0.2, 0.25) is 0 Å². The van der Waals surface area contributed by atoms with E-state index in [9.17, 15) is 4.79 Å². The molecule has 1 aromatic rings. The second-order valence-electron chi connectivity index (χ2n) is 5.06. The van der Waals surface area contributed by atoms with Crippen LogP contribution in [0.4, 0.5) is 5.82 Å². The van der Waals surface area contributed by atoms with Crippen LogP contribution in [-0.2, 0) is 9.47 Å². The minimum Gasteiger partial charge on any atom is -0.383 e. The zero-order valence-corrected chi connectivity index (χ0v) is 13.0. The van der Waals surface area contributed by atoms with Gasteiger partial charge in [-0.1, -0.05) is 0 Å². The first kappa shape index (κ1) is 16.7. The Hall–Kier alpha value is -1.70. The molecule has 1 saturated heterocycles. The second kappa shape index (κ2) is 9.34. The molecule has 1 amide bonds. The van der Waals surface area contributed by atoms with Crippen LogP contribution >= 0.6 is 0 Å². The summed E-state index contributed by atoms with van der Waals surface area (Å²) in [6.45, 7) is 6.37. The summed E-state index contributed by atoms with van der Waals surface area (Å²) in [6, 6.07) is 3.59. The summed E-state index contributed by atoms with van der Waals surface area (Å²) in [4.78, 5) is 18.4. The van der Waals surface area contributed by atoms with E-state index in [0.717, 1.165) is 45.2 Å². The van der Waals surface area contributed by atoms with Gasteiger partial charge in [-0.3, -0.25) is 9.69 Å². The summed E-state index contributed by atoms with van der Waals surface area (Å²) < 4.78 is 10.2. The number of nitrogens with one attached hydrogen (secondary N) is 2. The van der Waals surface area contributed by atoms with E-state index in [4.69, 9.17) is 9.47 Å². The van der Waals surface area contributed by atoms with Crippen molar-refractivity contribution in [1.82, 2.24) is 15.2 Å². The predicted molar refractivity (Wildman–Crippen MR) is 84.2 cm³/mol. The summed E-state index contributed by atoms with van der Waals surface area (Å²) in [6.07, 6.45) is 1.58. The normalized spacial score (nSPS) is 15.5.